The van der Waals surface area contributed by atoms with Gasteiger partial charge in [-0.15, -0.1) is 0 Å². The second-order valence-electron chi connectivity index (χ2n) is 7.92. The lowest BCUT2D eigenvalue weighted by molar-refractivity contribution is 0.0408. The molecule has 3 nitrogen and oxygen atoms in total. The lowest BCUT2D eigenvalue weighted by Gasteiger charge is -2.41. The molecule has 1 aliphatic heterocycles. The fraction of sp³-hybridized carbons (Fsp3) is 0.423. The van der Waals surface area contributed by atoms with E-state index in [4.69, 9.17) is 4.74 Å². The van der Waals surface area contributed by atoms with E-state index in [1.165, 1.54) is 16.5 Å². The summed E-state index contributed by atoms with van der Waals surface area (Å²) >= 11 is 0. The van der Waals surface area contributed by atoms with Crippen molar-refractivity contribution in [2.24, 2.45) is 0 Å². The molecule has 0 saturated carbocycles. The molecule has 1 saturated heterocycles. The largest absolute Gasteiger partial charge is 0.376 e. The summed E-state index contributed by atoms with van der Waals surface area (Å²) in [5.41, 5.74) is 4.86. The Kier molecular flexibility index (Phi) is 7.40. The number of ether oxygens (including phenoxy) is 1. The van der Waals surface area contributed by atoms with Crippen molar-refractivity contribution in [3.63, 3.8) is 0 Å². The van der Waals surface area contributed by atoms with Crippen LogP contribution in [0, 0.1) is 6.92 Å². The maximum Gasteiger partial charge on any atom is 0.0717 e. The molecule has 0 spiro atoms. The Morgan fingerprint density at radius 3 is 2.41 bits per heavy atom. The van der Waals surface area contributed by atoms with Gasteiger partial charge in [0.25, 0.3) is 0 Å². The Bertz CT molecular complexity index is 899. The third-order valence-electron chi connectivity index (χ3n) is 5.87. The molecule has 2 aromatic carbocycles. The van der Waals surface area contributed by atoms with Crippen molar-refractivity contribution in [1.82, 2.24) is 9.88 Å². The summed E-state index contributed by atoms with van der Waals surface area (Å²) in [6.07, 6.45) is 2.29. The van der Waals surface area contributed by atoms with Crippen molar-refractivity contribution in [3.8, 4) is 0 Å². The summed E-state index contributed by atoms with van der Waals surface area (Å²) in [7, 11) is 2.21. The standard InChI is InChI=1S/C24H28N2O.C2H6/c1-19-8-10-21-16-20(9-11-23(21)25-19)17-27-18-24(12-14-26(2)15-13-24)22-6-4-3-5-7-22;1-2/h3-11,16H,12-15,17-18H2,1-2H3;1-2H3. The van der Waals surface area contributed by atoms with Crippen LogP contribution in [0.15, 0.2) is 60.7 Å². The number of fused-ring (bicyclic) bond motifs is 1. The van der Waals surface area contributed by atoms with Crippen molar-refractivity contribution in [3.05, 3.63) is 77.5 Å². The number of hydrogen-bond acceptors (Lipinski definition) is 3. The van der Waals surface area contributed by atoms with Crippen LogP contribution in [-0.4, -0.2) is 36.6 Å². The molecule has 0 aliphatic carbocycles. The minimum atomic E-state index is 0.128. The molecule has 1 aliphatic rings. The fourth-order valence-electron chi connectivity index (χ4n) is 4.09. The monoisotopic (exact) mass is 390 g/mol. The highest BCUT2D eigenvalue weighted by Crippen LogP contribution is 2.35. The van der Waals surface area contributed by atoms with Crippen LogP contribution < -0.4 is 0 Å². The summed E-state index contributed by atoms with van der Waals surface area (Å²) in [6, 6.07) is 21.6. The van der Waals surface area contributed by atoms with E-state index >= 15 is 0 Å². The minimum absolute atomic E-state index is 0.128. The molecule has 0 bridgehead atoms. The normalized spacial score (nSPS) is 16.3. The van der Waals surface area contributed by atoms with Gasteiger partial charge >= 0.3 is 0 Å². The highest BCUT2D eigenvalue weighted by molar-refractivity contribution is 5.79. The van der Waals surface area contributed by atoms with Crippen molar-refractivity contribution in [2.75, 3.05) is 26.7 Å². The molecule has 0 N–H and O–H groups in total. The molecule has 1 aromatic heterocycles. The number of hydrogen-bond donors (Lipinski definition) is 0. The first-order valence-electron chi connectivity index (χ1n) is 10.8. The molecule has 29 heavy (non-hydrogen) atoms. The van der Waals surface area contributed by atoms with Gasteiger partial charge in [-0.2, -0.15) is 0 Å². The van der Waals surface area contributed by atoms with E-state index in [-0.39, 0.29) is 5.41 Å². The van der Waals surface area contributed by atoms with Gasteiger partial charge in [-0.05, 0) is 69.2 Å². The molecular weight excluding hydrogens is 356 g/mol. The van der Waals surface area contributed by atoms with Crippen molar-refractivity contribution in [2.45, 2.75) is 45.6 Å². The van der Waals surface area contributed by atoms with Crippen LogP contribution in [0.25, 0.3) is 10.9 Å². The molecule has 3 aromatic rings. The maximum absolute atomic E-state index is 6.29. The van der Waals surface area contributed by atoms with E-state index in [1.807, 2.05) is 20.8 Å². The fourth-order valence-corrected chi connectivity index (χ4v) is 4.09. The van der Waals surface area contributed by atoms with E-state index < -0.39 is 0 Å². The first-order valence-corrected chi connectivity index (χ1v) is 10.8. The van der Waals surface area contributed by atoms with E-state index in [0.717, 1.165) is 43.7 Å². The summed E-state index contributed by atoms with van der Waals surface area (Å²) in [4.78, 5) is 7.00. The average Bonchev–Trinajstić information content (AvgIpc) is 2.77. The highest BCUT2D eigenvalue weighted by Gasteiger charge is 2.35. The van der Waals surface area contributed by atoms with Crippen LogP contribution in [0.2, 0.25) is 0 Å². The van der Waals surface area contributed by atoms with Crippen LogP contribution in [0.3, 0.4) is 0 Å². The summed E-state index contributed by atoms with van der Waals surface area (Å²) < 4.78 is 6.29. The molecule has 3 heteroatoms. The number of piperidine rings is 1. The molecule has 154 valence electrons. The van der Waals surface area contributed by atoms with Crippen molar-refractivity contribution < 1.29 is 4.74 Å². The molecule has 0 unspecified atom stereocenters. The summed E-state index contributed by atoms with van der Waals surface area (Å²) in [6.45, 7) is 9.70. The summed E-state index contributed by atoms with van der Waals surface area (Å²) in [5, 5.41) is 1.18. The quantitative estimate of drug-likeness (QED) is 0.555. The number of likely N-dealkylation sites (tertiary alicyclic amines) is 1. The predicted molar refractivity (Wildman–Crippen MR) is 122 cm³/mol. The second-order valence-corrected chi connectivity index (χ2v) is 7.92. The molecule has 4 rings (SSSR count). The van der Waals surface area contributed by atoms with Gasteiger partial charge < -0.3 is 9.64 Å². The van der Waals surface area contributed by atoms with Gasteiger partial charge in [0.05, 0.1) is 18.7 Å². The van der Waals surface area contributed by atoms with E-state index in [2.05, 4.69) is 77.6 Å². The lowest BCUT2D eigenvalue weighted by Crippen LogP contribution is -2.43. The lowest BCUT2D eigenvalue weighted by atomic mass is 9.73. The van der Waals surface area contributed by atoms with Gasteiger partial charge in [-0.1, -0.05) is 56.3 Å². The molecule has 0 amide bonds. The Morgan fingerprint density at radius 1 is 0.966 bits per heavy atom. The molecule has 2 heterocycles. The van der Waals surface area contributed by atoms with Crippen molar-refractivity contribution in [1.29, 1.82) is 0 Å². The topological polar surface area (TPSA) is 25.4 Å². The van der Waals surface area contributed by atoms with Crippen LogP contribution >= 0.6 is 0 Å². The van der Waals surface area contributed by atoms with Crippen LogP contribution in [-0.2, 0) is 16.8 Å². The number of nitrogens with zero attached hydrogens (tertiary/aromatic N) is 2. The number of aromatic nitrogens is 1. The van der Waals surface area contributed by atoms with Crippen molar-refractivity contribution >= 4 is 10.9 Å². The number of rotatable bonds is 5. The first kappa shape index (κ1) is 21.5. The van der Waals surface area contributed by atoms with Gasteiger partial charge in [-0.25, -0.2) is 0 Å². The third-order valence-corrected chi connectivity index (χ3v) is 5.87. The molecule has 1 fully saturated rings. The molecular formula is C26H34N2O. The van der Waals surface area contributed by atoms with Crippen LogP contribution in [0.1, 0.15) is 43.5 Å². The van der Waals surface area contributed by atoms with Crippen LogP contribution in [0.4, 0.5) is 0 Å². The van der Waals surface area contributed by atoms with Gasteiger partial charge in [0.2, 0.25) is 0 Å². The van der Waals surface area contributed by atoms with Gasteiger partial charge in [0.15, 0.2) is 0 Å². The second kappa shape index (κ2) is 10.00. The SMILES string of the molecule is CC.Cc1ccc2cc(COCC3(c4ccccc4)CCN(C)CC3)ccc2n1. The smallest absolute Gasteiger partial charge is 0.0717 e. The van der Waals surface area contributed by atoms with Crippen LogP contribution in [0.5, 0.6) is 0 Å². The van der Waals surface area contributed by atoms with Gasteiger partial charge in [-0.3, -0.25) is 4.98 Å². The Balaban J connectivity index is 0.00000117. The Hall–Kier alpha value is -2.23. The predicted octanol–water partition coefficient (Wildman–Crippen LogP) is 5.75. The Labute approximate surface area is 175 Å². The van der Waals surface area contributed by atoms with E-state index in [9.17, 15) is 0 Å². The van der Waals surface area contributed by atoms with E-state index in [1.54, 1.807) is 0 Å². The molecule has 0 atom stereocenters. The number of aryl methyl sites for hydroxylation is 1. The first-order chi connectivity index (χ1) is 14.1. The maximum atomic E-state index is 6.29. The van der Waals surface area contributed by atoms with Gasteiger partial charge in [0.1, 0.15) is 0 Å². The molecule has 0 radical (unpaired) electrons. The zero-order valence-electron chi connectivity index (χ0n) is 18.3. The average molecular weight is 391 g/mol. The minimum Gasteiger partial charge on any atom is -0.376 e. The zero-order chi connectivity index (χ0) is 20.7. The number of benzene rings is 2. The zero-order valence-corrected chi connectivity index (χ0v) is 18.3. The van der Waals surface area contributed by atoms with E-state index in [0.29, 0.717) is 6.61 Å². The summed E-state index contributed by atoms with van der Waals surface area (Å²) in [5.74, 6) is 0. The number of pyridine rings is 1. The highest BCUT2D eigenvalue weighted by atomic mass is 16.5. The third kappa shape index (κ3) is 5.23. The Morgan fingerprint density at radius 2 is 1.69 bits per heavy atom. The van der Waals surface area contributed by atoms with Gasteiger partial charge in [0, 0.05) is 16.5 Å².